The molecular formula is C26H33N5O. The summed E-state index contributed by atoms with van der Waals surface area (Å²) in [6.45, 7) is 3.29. The Kier molecular flexibility index (Phi) is 6.49. The van der Waals surface area contributed by atoms with E-state index in [1.54, 1.807) is 0 Å². The highest BCUT2D eigenvalue weighted by Crippen LogP contribution is 2.27. The van der Waals surface area contributed by atoms with Crippen LogP contribution in [0.3, 0.4) is 0 Å². The van der Waals surface area contributed by atoms with E-state index in [1.807, 2.05) is 18.5 Å². The molecule has 2 aliphatic rings. The third-order valence-electron chi connectivity index (χ3n) is 6.95. The van der Waals surface area contributed by atoms with Gasteiger partial charge in [0.15, 0.2) is 5.69 Å². The van der Waals surface area contributed by atoms with Crippen molar-refractivity contribution in [2.75, 3.05) is 13.1 Å². The molecule has 2 N–H and O–H groups in total. The Morgan fingerprint density at radius 1 is 0.969 bits per heavy atom. The SMILES string of the molecule is O=C(NC1CCCCC1)c1n[nH]c2ccc(-c3cncc(CN4CCCCCC4)c3)cc12. The molecule has 0 atom stereocenters. The van der Waals surface area contributed by atoms with Crippen LogP contribution in [0.2, 0.25) is 0 Å². The van der Waals surface area contributed by atoms with Crippen LogP contribution in [0.4, 0.5) is 0 Å². The Morgan fingerprint density at radius 2 is 1.75 bits per heavy atom. The van der Waals surface area contributed by atoms with E-state index in [9.17, 15) is 4.79 Å². The summed E-state index contributed by atoms with van der Waals surface area (Å²) in [6, 6.07) is 8.67. The zero-order valence-electron chi connectivity index (χ0n) is 18.8. The van der Waals surface area contributed by atoms with Gasteiger partial charge in [-0.15, -0.1) is 0 Å². The van der Waals surface area contributed by atoms with Crippen molar-refractivity contribution < 1.29 is 4.79 Å². The molecule has 3 heterocycles. The number of hydrogen-bond donors (Lipinski definition) is 2. The number of carbonyl (C=O) groups is 1. The van der Waals surface area contributed by atoms with Gasteiger partial charge in [0.05, 0.1) is 5.52 Å². The quantitative estimate of drug-likeness (QED) is 0.592. The van der Waals surface area contributed by atoms with Crippen LogP contribution in [-0.2, 0) is 6.54 Å². The molecule has 0 radical (unpaired) electrons. The minimum atomic E-state index is -0.0756. The molecule has 5 rings (SSSR count). The van der Waals surface area contributed by atoms with E-state index in [2.05, 4.69) is 43.6 Å². The maximum Gasteiger partial charge on any atom is 0.272 e. The number of amides is 1. The minimum absolute atomic E-state index is 0.0756. The van der Waals surface area contributed by atoms with Gasteiger partial charge in [-0.05, 0) is 68.1 Å². The number of rotatable bonds is 5. The Labute approximate surface area is 189 Å². The lowest BCUT2D eigenvalue weighted by molar-refractivity contribution is 0.0924. The second-order valence-electron chi connectivity index (χ2n) is 9.41. The normalized spacial score (nSPS) is 18.5. The topological polar surface area (TPSA) is 73.9 Å². The fourth-order valence-corrected chi connectivity index (χ4v) is 5.15. The first kappa shape index (κ1) is 21.1. The smallest absolute Gasteiger partial charge is 0.272 e. The highest BCUT2D eigenvalue weighted by molar-refractivity contribution is 6.05. The monoisotopic (exact) mass is 431 g/mol. The first-order chi connectivity index (χ1) is 15.8. The van der Waals surface area contributed by atoms with Gasteiger partial charge in [0.1, 0.15) is 0 Å². The van der Waals surface area contributed by atoms with Gasteiger partial charge in [0.2, 0.25) is 0 Å². The van der Waals surface area contributed by atoms with E-state index in [1.165, 1.54) is 63.6 Å². The number of nitrogens with one attached hydrogen (secondary N) is 2. The fraction of sp³-hybridized carbons (Fsp3) is 0.500. The van der Waals surface area contributed by atoms with Crippen LogP contribution < -0.4 is 5.32 Å². The average molecular weight is 432 g/mol. The van der Waals surface area contributed by atoms with Gasteiger partial charge in [-0.3, -0.25) is 19.8 Å². The first-order valence-corrected chi connectivity index (χ1v) is 12.2. The van der Waals surface area contributed by atoms with Crippen LogP contribution in [0.1, 0.15) is 73.8 Å². The van der Waals surface area contributed by atoms with Crippen molar-refractivity contribution in [3.63, 3.8) is 0 Å². The molecule has 3 aromatic rings. The first-order valence-electron chi connectivity index (χ1n) is 12.2. The molecule has 1 aromatic carbocycles. The fourth-order valence-electron chi connectivity index (χ4n) is 5.15. The van der Waals surface area contributed by atoms with Crippen molar-refractivity contribution in [2.24, 2.45) is 0 Å². The number of nitrogens with zero attached hydrogens (tertiary/aromatic N) is 3. The molecule has 2 aromatic heterocycles. The number of H-pyrrole nitrogens is 1. The van der Waals surface area contributed by atoms with Gasteiger partial charge in [-0.2, -0.15) is 5.10 Å². The number of likely N-dealkylation sites (tertiary alicyclic amines) is 1. The lowest BCUT2D eigenvalue weighted by Crippen LogP contribution is -2.36. The van der Waals surface area contributed by atoms with E-state index in [4.69, 9.17) is 0 Å². The van der Waals surface area contributed by atoms with Crippen molar-refractivity contribution in [3.8, 4) is 11.1 Å². The second-order valence-corrected chi connectivity index (χ2v) is 9.41. The molecule has 168 valence electrons. The lowest BCUT2D eigenvalue weighted by Gasteiger charge is -2.22. The van der Waals surface area contributed by atoms with Crippen LogP contribution in [0, 0.1) is 0 Å². The minimum Gasteiger partial charge on any atom is -0.348 e. The number of aromatic nitrogens is 3. The molecule has 0 bridgehead atoms. The summed E-state index contributed by atoms with van der Waals surface area (Å²) in [7, 11) is 0. The zero-order valence-corrected chi connectivity index (χ0v) is 18.8. The van der Waals surface area contributed by atoms with Gasteiger partial charge in [0, 0.05) is 35.9 Å². The molecular weight excluding hydrogens is 398 g/mol. The summed E-state index contributed by atoms with van der Waals surface area (Å²) in [6.07, 6.45) is 14.9. The maximum atomic E-state index is 12.9. The molecule has 0 spiro atoms. The molecule has 2 fully saturated rings. The molecule has 32 heavy (non-hydrogen) atoms. The summed E-state index contributed by atoms with van der Waals surface area (Å²) in [5.41, 5.74) is 4.76. The van der Waals surface area contributed by atoms with Crippen molar-refractivity contribution >= 4 is 16.8 Å². The van der Waals surface area contributed by atoms with Gasteiger partial charge in [0.25, 0.3) is 5.91 Å². The Balaban J connectivity index is 1.36. The predicted molar refractivity (Wildman–Crippen MR) is 127 cm³/mol. The average Bonchev–Trinajstić information content (AvgIpc) is 3.08. The molecule has 1 aliphatic carbocycles. The van der Waals surface area contributed by atoms with Gasteiger partial charge < -0.3 is 5.32 Å². The third-order valence-corrected chi connectivity index (χ3v) is 6.95. The summed E-state index contributed by atoms with van der Waals surface area (Å²) < 4.78 is 0. The Bertz CT molecular complexity index is 1060. The van der Waals surface area contributed by atoms with Crippen LogP contribution in [0.15, 0.2) is 36.7 Å². The number of benzene rings is 1. The number of aromatic amines is 1. The second kappa shape index (κ2) is 9.82. The molecule has 0 unspecified atom stereocenters. The summed E-state index contributed by atoms with van der Waals surface area (Å²) in [4.78, 5) is 20.0. The number of carbonyl (C=O) groups excluding carboxylic acids is 1. The van der Waals surface area contributed by atoms with E-state index < -0.39 is 0 Å². The highest BCUT2D eigenvalue weighted by Gasteiger charge is 2.20. The van der Waals surface area contributed by atoms with Crippen molar-refractivity contribution in [3.05, 3.63) is 47.9 Å². The van der Waals surface area contributed by atoms with E-state index in [-0.39, 0.29) is 11.9 Å². The number of hydrogen-bond acceptors (Lipinski definition) is 4. The van der Waals surface area contributed by atoms with Crippen LogP contribution in [-0.4, -0.2) is 45.1 Å². The molecule has 1 saturated carbocycles. The van der Waals surface area contributed by atoms with Crippen LogP contribution in [0.5, 0.6) is 0 Å². The van der Waals surface area contributed by atoms with Crippen LogP contribution in [0.25, 0.3) is 22.0 Å². The predicted octanol–water partition coefficient (Wildman–Crippen LogP) is 5.06. The van der Waals surface area contributed by atoms with E-state index in [0.29, 0.717) is 5.69 Å². The van der Waals surface area contributed by atoms with Gasteiger partial charge in [-0.1, -0.05) is 38.2 Å². The largest absolute Gasteiger partial charge is 0.348 e. The van der Waals surface area contributed by atoms with E-state index in [0.717, 1.165) is 41.4 Å². The van der Waals surface area contributed by atoms with Crippen molar-refractivity contribution in [1.29, 1.82) is 0 Å². The Morgan fingerprint density at radius 3 is 2.56 bits per heavy atom. The number of pyridine rings is 1. The van der Waals surface area contributed by atoms with E-state index >= 15 is 0 Å². The van der Waals surface area contributed by atoms with Gasteiger partial charge in [-0.25, -0.2) is 0 Å². The standard InChI is InChI=1S/C26H33N5O/c32-26(28-22-8-4-3-5-9-22)25-23-15-20(10-11-24(23)29-30-25)21-14-19(16-27-17-21)18-31-12-6-1-2-7-13-31/h10-11,14-17,22H,1-9,12-13,18H2,(H,28,32)(H,29,30). The summed E-state index contributed by atoms with van der Waals surface area (Å²) >= 11 is 0. The third kappa shape index (κ3) is 4.85. The lowest BCUT2D eigenvalue weighted by atomic mass is 9.95. The maximum absolute atomic E-state index is 12.9. The Hall–Kier alpha value is -2.73. The van der Waals surface area contributed by atoms with Crippen molar-refractivity contribution in [2.45, 2.75) is 70.4 Å². The molecule has 6 heteroatoms. The molecule has 1 aliphatic heterocycles. The van der Waals surface area contributed by atoms with Crippen LogP contribution >= 0.6 is 0 Å². The molecule has 6 nitrogen and oxygen atoms in total. The molecule has 1 amide bonds. The zero-order chi connectivity index (χ0) is 21.8. The summed E-state index contributed by atoms with van der Waals surface area (Å²) in [5.74, 6) is -0.0756. The van der Waals surface area contributed by atoms with Gasteiger partial charge >= 0.3 is 0 Å². The number of fused-ring (bicyclic) bond motifs is 1. The van der Waals surface area contributed by atoms with Crippen molar-refractivity contribution in [1.82, 2.24) is 25.4 Å². The summed E-state index contributed by atoms with van der Waals surface area (Å²) in [5, 5.41) is 11.4. The highest BCUT2D eigenvalue weighted by atomic mass is 16.2. The molecule has 1 saturated heterocycles.